The van der Waals surface area contributed by atoms with Crippen LogP contribution < -0.4 is 0 Å². The Bertz CT molecular complexity index is 93.0. The first-order valence-electron chi connectivity index (χ1n) is 2.28. The monoisotopic (exact) mass is 359 g/mol. The minimum absolute atomic E-state index is 0. The molecule has 0 aromatic heterocycles. The van der Waals surface area contributed by atoms with Gasteiger partial charge in [-0.05, 0) is 5.92 Å². The largest absolute Gasteiger partial charge is 0.536 e. The average molecular weight is 359 g/mol. The molecule has 0 aliphatic rings. The van der Waals surface area contributed by atoms with E-state index in [4.69, 9.17) is 0 Å². The van der Waals surface area contributed by atoms with Crippen molar-refractivity contribution in [3.05, 3.63) is 0 Å². The molecule has 0 aliphatic heterocycles. The summed E-state index contributed by atoms with van der Waals surface area (Å²) in [4.78, 5) is 9.39. The molecule has 0 aromatic carbocycles. The predicted molar refractivity (Wildman–Crippen MR) is 25.5 cm³/mol. The first-order chi connectivity index (χ1) is 3.50. The van der Waals surface area contributed by atoms with Crippen LogP contribution in [0.1, 0.15) is 13.8 Å². The van der Waals surface area contributed by atoms with Gasteiger partial charge in [0.15, 0.2) is 5.92 Å². The Hall–Kier alpha value is 0.582. The van der Waals surface area contributed by atoms with Crippen molar-refractivity contribution < 1.29 is 44.7 Å². The maximum Gasteiger partial charge on any atom is 0.162 e. The molecule has 0 bridgehead atoms. The fraction of sp³-hybridized carbons (Fsp3) is 0.800. The van der Waals surface area contributed by atoms with E-state index in [2.05, 4.69) is 0 Å². The fourth-order valence-corrected chi connectivity index (χ4v) is 0.118. The average Bonchev–Trinajstić information content (AvgIpc) is 1.67. The van der Waals surface area contributed by atoms with Crippen molar-refractivity contribution in [2.45, 2.75) is 19.8 Å². The SMILES string of the molecule is CC(C)C(F)(F)[C-]=O.[U]. The maximum atomic E-state index is 11.9. The maximum absolute atomic E-state index is 11.9. The van der Waals surface area contributed by atoms with Gasteiger partial charge in [0.1, 0.15) is 0 Å². The van der Waals surface area contributed by atoms with Gasteiger partial charge in [0.2, 0.25) is 0 Å². The summed E-state index contributed by atoms with van der Waals surface area (Å²) in [5.74, 6) is -4.21. The summed E-state index contributed by atoms with van der Waals surface area (Å²) in [7, 11) is 0. The van der Waals surface area contributed by atoms with Crippen LogP contribution in [0.25, 0.3) is 0 Å². The molecule has 4 heteroatoms. The van der Waals surface area contributed by atoms with Crippen LogP contribution in [-0.4, -0.2) is 12.2 Å². The van der Waals surface area contributed by atoms with Crippen LogP contribution in [0, 0.1) is 37.0 Å². The Kier molecular flexibility index (Phi) is 6.01. The van der Waals surface area contributed by atoms with E-state index < -0.39 is 11.8 Å². The number of hydrogen-bond donors (Lipinski definition) is 0. The Morgan fingerprint density at radius 1 is 1.44 bits per heavy atom. The van der Waals surface area contributed by atoms with E-state index in [9.17, 15) is 13.6 Å². The molecule has 0 saturated heterocycles. The molecule has 0 unspecified atom stereocenters. The first kappa shape index (κ1) is 12.3. The quantitative estimate of drug-likeness (QED) is 0.682. The molecular weight excluding hydrogens is 352 g/mol. The third-order valence-electron chi connectivity index (χ3n) is 0.861. The number of carbonyl (C=O) groups excluding carboxylic acids is 1. The smallest absolute Gasteiger partial charge is 0.162 e. The Morgan fingerprint density at radius 3 is 1.78 bits per heavy atom. The summed E-state index contributed by atoms with van der Waals surface area (Å²) >= 11 is 0. The third-order valence-corrected chi connectivity index (χ3v) is 0.861. The van der Waals surface area contributed by atoms with Gasteiger partial charge in [-0.3, -0.25) is 0 Å². The zero-order chi connectivity index (χ0) is 6.78. The summed E-state index contributed by atoms with van der Waals surface area (Å²) in [6.07, 6.45) is 0.657. The number of alkyl halides is 2. The zero-order valence-corrected chi connectivity index (χ0v) is 9.41. The summed E-state index contributed by atoms with van der Waals surface area (Å²) in [6, 6.07) is 0. The third kappa shape index (κ3) is 4.05. The van der Waals surface area contributed by atoms with Crippen molar-refractivity contribution in [3.8, 4) is 0 Å². The van der Waals surface area contributed by atoms with Crippen LogP contribution in [0.2, 0.25) is 0 Å². The van der Waals surface area contributed by atoms with Gasteiger partial charge in [0.05, 0.1) is 0 Å². The Balaban J connectivity index is 0. The summed E-state index contributed by atoms with van der Waals surface area (Å²) in [5.41, 5.74) is 0. The first-order valence-corrected chi connectivity index (χ1v) is 2.28. The molecule has 9 heavy (non-hydrogen) atoms. The van der Waals surface area contributed by atoms with Gasteiger partial charge in [-0.1, -0.05) is 13.8 Å². The second-order valence-corrected chi connectivity index (χ2v) is 1.88. The summed E-state index contributed by atoms with van der Waals surface area (Å²) < 4.78 is 23.7. The molecule has 0 atom stereocenters. The van der Waals surface area contributed by atoms with Crippen molar-refractivity contribution in [3.63, 3.8) is 0 Å². The molecule has 0 aromatic rings. The van der Waals surface area contributed by atoms with Gasteiger partial charge in [0, 0.05) is 31.1 Å². The summed E-state index contributed by atoms with van der Waals surface area (Å²) in [6.45, 7) is 2.54. The van der Waals surface area contributed by atoms with E-state index in [0.717, 1.165) is 0 Å². The van der Waals surface area contributed by atoms with Crippen molar-refractivity contribution in [1.82, 2.24) is 0 Å². The van der Waals surface area contributed by atoms with Gasteiger partial charge >= 0.3 is 0 Å². The van der Waals surface area contributed by atoms with Gasteiger partial charge in [-0.15, -0.1) is 0 Å². The van der Waals surface area contributed by atoms with Crippen LogP contribution in [-0.2, 0) is 4.79 Å². The van der Waals surface area contributed by atoms with E-state index in [1.54, 1.807) is 0 Å². The van der Waals surface area contributed by atoms with E-state index >= 15 is 0 Å². The van der Waals surface area contributed by atoms with Crippen molar-refractivity contribution >= 4 is 6.29 Å². The Labute approximate surface area is 76.6 Å². The molecule has 0 saturated carbocycles. The molecule has 0 aliphatic carbocycles. The van der Waals surface area contributed by atoms with Crippen LogP contribution in [0.4, 0.5) is 8.78 Å². The van der Waals surface area contributed by atoms with Crippen LogP contribution in [0.5, 0.6) is 0 Å². The number of halogens is 2. The molecule has 0 rings (SSSR count). The second kappa shape index (κ2) is 4.41. The molecule has 0 spiro atoms. The van der Waals surface area contributed by atoms with Gasteiger partial charge < -0.3 is 4.79 Å². The van der Waals surface area contributed by atoms with E-state index in [1.807, 2.05) is 0 Å². The minimum Gasteiger partial charge on any atom is -0.536 e. The van der Waals surface area contributed by atoms with Gasteiger partial charge in [-0.25, -0.2) is 8.78 Å². The van der Waals surface area contributed by atoms with E-state index in [0.29, 0.717) is 6.29 Å². The van der Waals surface area contributed by atoms with Crippen molar-refractivity contribution in [2.24, 2.45) is 5.92 Å². The zero-order valence-electron chi connectivity index (χ0n) is 5.24. The standard InChI is InChI=1S/C5H7F2O.U/c1-4(2)5(6,7)3-8;/h4H,1-2H3;/q-1;. The molecule has 0 fully saturated rings. The normalized spacial score (nSPS) is 10.8. The number of rotatable bonds is 2. The van der Waals surface area contributed by atoms with E-state index in [1.165, 1.54) is 13.8 Å². The van der Waals surface area contributed by atoms with E-state index in [-0.39, 0.29) is 31.1 Å². The molecular formula is C5H7F2OU-. The van der Waals surface area contributed by atoms with Crippen molar-refractivity contribution in [1.29, 1.82) is 0 Å². The fourth-order valence-electron chi connectivity index (χ4n) is 0.118. The molecule has 52 valence electrons. The second-order valence-electron chi connectivity index (χ2n) is 1.88. The van der Waals surface area contributed by atoms with Crippen LogP contribution >= 0.6 is 0 Å². The molecule has 0 radical (unpaired) electrons. The van der Waals surface area contributed by atoms with Crippen molar-refractivity contribution in [2.75, 3.05) is 0 Å². The minimum atomic E-state index is -3.26. The van der Waals surface area contributed by atoms with Crippen LogP contribution in [0.3, 0.4) is 0 Å². The topological polar surface area (TPSA) is 17.1 Å². The van der Waals surface area contributed by atoms with Crippen LogP contribution in [0.15, 0.2) is 0 Å². The molecule has 0 N–H and O–H groups in total. The predicted octanol–water partition coefficient (Wildman–Crippen LogP) is 1.39. The molecule has 0 amide bonds. The molecule has 1 nitrogen and oxygen atoms in total. The Morgan fingerprint density at radius 2 is 1.78 bits per heavy atom. The van der Waals surface area contributed by atoms with Gasteiger partial charge in [0.25, 0.3) is 0 Å². The summed E-state index contributed by atoms with van der Waals surface area (Å²) in [5, 5.41) is 0. The molecule has 0 heterocycles. The van der Waals surface area contributed by atoms with Gasteiger partial charge in [-0.2, -0.15) is 6.29 Å². The number of hydrogen-bond acceptors (Lipinski definition) is 1.